The molecule has 1 aromatic carbocycles. The lowest BCUT2D eigenvalue weighted by molar-refractivity contribution is 0.173. The second kappa shape index (κ2) is 7.17. The van der Waals surface area contributed by atoms with Crippen molar-refractivity contribution in [2.24, 2.45) is 0 Å². The van der Waals surface area contributed by atoms with Gasteiger partial charge in [-0.2, -0.15) is 0 Å². The van der Waals surface area contributed by atoms with Gasteiger partial charge >= 0.3 is 0 Å². The van der Waals surface area contributed by atoms with Crippen LogP contribution in [0.4, 0.5) is 0 Å². The third kappa shape index (κ3) is 4.63. The number of hydrogen-bond acceptors (Lipinski definition) is 3. The van der Waals surface area contributed by atoms with Crippen molar-refractivity contribution < 1.29 is 5.11 Å². The van der Waals surface area contributed by atoms with E-state index in [1.54, 1.807) is 0 Å². The molecule has 18 heavy (non-hydrogen) atoms. The molecular weight excluding hydrogens is 242 g/mol. The van der Waals surface area contributed by atoms with Crippen LogP contribution in [-0.2, 0) is 0 Å². The lowest BCUT2D eigenvalue weighted by Gasteiger charge is -2.26. The molecule has 1 atom stereocenters. The van der Waals surface area contributed by atoms with E-state index in [2.05, 4.69) is 44.3 Å². The lowest BCUT2D eigenvalue weighted by atomic mass is 9.98. The Kier molecular flexibility index (Phi) is 6.19. The first-order chi connectivity index (χ1) is 8.50. The van der Waals surface area contributed by atoms with Crippen molar-refractivity contribution in [1.29, 1.82) is 0 Å². The van der Waals surface area contributed by atoms with Gasteiger partial charge in [0.2, 0.25) is 0 Å². The number of aryl methyl sites for hydroxylation is 2. The number of hydrogen-bond donors (Lipinski definition) is 2. The van der Waals surface area contributed by atoms with Crippen molar-refractivity contribution in [2.45, 2.75) is 44.0 Å². The third-order valence-corrected chi connectivity index (χ3v) is 4.68. The Morgan fingerprint density at radius 1 is 1.33 bits per heavy atom. The van der Waals surface area contributed by atoms with E-state index < -0.39 is 0 Å². The number of aliphatic hydroxyl groups excluding tert-OH is 1. The van der Waals surface area contributed by atoms with E-state index >= 15 is 0 Å². The second-order valence-electron chi connectivity index (χ2n) is 5.19. The summed E-state index contributed by atoms with van der Waals surface area (Å²) in [6, 6.07) is 6.60. The van der Waals surface area contributed by atoms with E-state index in [-0.39, 0.29) is 12.1 Å². The molecule has 0 aromatic heterocycles. The van der Waals surface area contributed by atoms with Crippen LogP contribution in [0.2, 0.25) is 0 Å². The molecule has 0 spiro atoms. The average molecular weight is 267 g/mol. The highest BCUT2D eigenvalue weighted by atomic mass is 32.2. The molecule has 3 heteroatoms. The van der Waals surface area contributed by atoms with Crippen molar-refractivity contribution in [3.05, 3.63) is 29.3 Å². The molecule has 0 aliphatic heterocycles. The topological polar surface area (TPSA) is 32.3 Å². The van der Waals surface area contributed by atoms with Crippen LogP contribution in [0.1, 0.15) is 30.9 Å². The molecule has 0 aliphatic rings. The minimum atomic E-state index is -0.136. The zero-order chi connectivity index (χ0) is 13.6. The maximum atomic E-state index is 9.31. The maximum absolute atomic E-state index is 9.31. The first-order valence-electron chi connectivity index (χ1n) is 6.50. The number of nitrogens with one attached hydrogen (secondary N) is 1. The number of thioether (sulfide) groups is 1. The highest BCUT2D eigenvalue weighted by Gasteiger charge is 2.19. The normalized spacial score (nSPS) is 14.5. The van der Waals surface area contributed by atoms with Crippen LogP contribution >= 0.6 is 11.8 Å². The quantitative estimate of drug-likeness (QED) is 0.588. The van der Waals surface area contributed by atoms with E-state index in [4.69, 9.17) is 0 Å². The van der Waals surface area contributed by atoms with Crippen molar-refractivity contribution in [2.75, 3.05) is 19.4 Å². The Morgan fingerprint density at radius 3 is 2.61 bits per heavy atom. The van der Waals surface area contributed by atoms with E-state index in [1.165, 1.54) is 16.0 Å². The van der Waals surface area contributed by atoms with E-state index in [9.17, 15) is 5.11 Å². The molecule has 2 N–H and O–H groups in total. The Morgan fingerprint density at radius 2 is 2.06 bits per heavy atom. The minimum absolute atomic E-state index is 0.136. The highest BCUT2D eigenvalue weighted by molar-refractivity contribution is 7.99. The number of aliphatic hydroxyl groups is 1. The summed E-state index contributed by atoms with van der Waals surface area (Å²) in [6.07, 6.45) is 2.10. The van der Waals surface area contributed by atoms with Gasteiger partial charge in [-0.3, -0.25) is 0 Å². The molecule has 1 rings (SSSR count). The molecule has 102 valence electrons. The summed E-state index contributed by atoms with van der Waals surface area (Å²) in [5, 5.41) is 12.5. The number of benzene rings is 1. The summed E-state index contributed by atoms with van der Waals surface area (Å²) in [4.78, 5) is 1.37. The van der Waals surface area contributed by atoms with Gasteiger partial charge in [-0.15, -0.1) is 11.8 Å². The fourth-order valence-electron chi connectivity index (χ4n) is 1.89. The van der Waals surface area contributed by atoms with Gasteiger partial charge in [-0.1, -0.05) is 17.7 Å². The molecule has 0 fully saturated rings. The van der Waals surface area contributed by atoms with Gasteiger partial charge in [0.15, 0.2) is 0 Å². The summed E-state index contributed by atoms with van der Waals surface area (Å²) in [5.74, 6) is 1.10. The highest BCUT2D eigenvalue weighted by Crippen LogP contribution is 2.25. The van der Waals surface area contributed by atoms with Crippen LogP contribution < -0.4 is 5.32 Å². The van der Waals surface area contributed by atoms with Crippen molar-refractivity contribution in [1.82, 2.24) is 5.32 Å². The van der Waals surface area contributed by atoms with Gasteiger partial charge < -0.3 is 10.4 Å². The Balaban J connectivity index is 2.38. The van der Waals surface area contributed by atoms with Crippen molar-refractivity contribution >= 4 is 11.8 Å². The predicted molar refractivity (Wildman–Crippen MR) is 80.4 cm³/mol. The SMILES string of the molecule is CNC(C)(CO)CCCSc1ccc(C)cc1C. The third-order valence-electron chi connectivity index (χ3n) is 3.41. The summed E-state index contributed by atoms with van der Waals surface area (Å²) in [7, 11) is 1.91. The summed E-state index contributed by atoms with van der Waals surface area (Å²) >= 11 is 1.91. The smallest absolute Gasteiger partial charge is 0.0610 e. The minimum Gasteiger partial charge on any atom is -0.394 e. The maximum Gasteiger partial charge on any atom is 0.0610 e. The molecule has 0 amide bonds. The van der Waals surface area contributed by atoms with E-state index in [0.717, 1.165) is 18.6 Å². The first kappa shape index (κ1) is 15.5. The molecule has 1 unspecified atom stereocenters. The Bertz CT molecular complexity index is 375. The summed E-state index contributed by atoms with van der Waals surface area (Å²) in [5.41, 5.74) is 2.54. The number of rotatable bonds is 7. The molecule has 0 bridgehead atoms. The van der Waals surface area contributed by atoms with Crippen LogP contribution in [-0.4, -0.2) is 30.1 Å². The fraction of sp³-hybridized carbons (Fsp3) is 0.600. The molecular formula is C15H25NOS. The summed E-state index contributed by atoms with van der Waals surface area (Å²) in [6.45, 7) is 6.55. The lowest BCUT2D eigenvalue weighted by Crippen LogP contribution is -2.43. The zero-order valence-electron chi connectivity index (χ0n) is 11.9. The van der Waals surface area contributed by atoms with Crippen LogP contribution in [0.5, 0.6) is 0 Å². The van der Waals surface area contributed by atoms with Gasteiger partial charge in [0, 0.05) is 10.4 Å². The van der Waals surface area contributed by atoms with Gasteiger partial charge in [0.1, 0.15) is 0 Å². The number of likely N-dealkylation sites (N-methyl/N-ethyl adjacent to an activating group) is 1. The molecule has 2 nitrogen and oxygen atoms in total. The van der Waals surface area contributed by atoms with E-state index in [1.807, 2.05) is 18.8 Å². The van der Waals surface area contributed by atoms with Crippen LogP contribution in [0, 0.1) is 13.8 Å². The second-order valence-corrected chi connectivity index (χ2v) is 6.33. The standard InChI is InChI=1S/C15H25NOS/c1-12-6-7-14(13(2)10-12)18-9-5-8-15(3,11-17)16-4/h6-7,10,16-17H,5,8-9,11H2,1-4H3. The molecule has 0 saturated heterocycles. The Labute approximate surface area is 115 Å². The molecule has 1 aromatic rings. The zero-order valence-corrected chi connectivity index (χ0v) is 12.7. The molecule has 0 aliphatic carbocycles. The average Bonchev–Trinajstić information content (AvgIpc) is 2.36. The molecule has 0 radical (unpaired) electrons. The van der Waals surface area contributed by atoms with Gasteiger partial charge in [-0.05, 0) is 58.0 Å². The fourth-order valence-corrected chi connectivity index (χ4v) is 2.85. The van der Waals surface area contributed by atoms with Crippen molar-refractivity contribution in [3.8, 4) is 0 Å². The van der Waals surface area contributed by atoms with Crippen LogP contribution in [0.3, 0.4) is 0 Å². The van der Waals surface area contributed by atoms with Gasteiger partial charge in [0.05, 0.1) is 6.61 Å². The van der Waals surface area contributed by atoms with Crippen molar-refractivity contribution in [3.63, 3.8) is 0 Å². The van der Waals surface area contributed by atoms with E-state index in [0.29, 0.717) is 0 Å². The van der Waals surface area contributed by atoms with Gasteiger partial charge in [-0.25, -0.2) is 0 Å². The largest absolute Gasteiger partial charge is 0.394 e. The molecule has 0 saturated carbocycles. The van der Waals surface area contributed by atoms with Gasteiger partial charge in [0.25, 0.3) is 0 Å². The first-order valence-corrected chi connectivity index (χ1v) is 7.49. The monoisotopic (exact) mass is 267 g/mol. The van der Waals surface area contributed by atoms with Crippen LogP contribution in [0.15, 0.2) is 23.1 Å². The Hall–Kier alpha value is -0.510. The molecule has 0 heterocycles. The summed E-state index contributed by atoms with van der Waals surface area (Å²) < 4.78 is 0. The van der Waals surface area contributed by atoms with Crippen LogP contribution in [0.25, 0.3) is 0 Å². The predicted octanol–water partition coefficient (Wildman–Crippen LogP) is 3.15.